The third-order valence-corrected chi connectivity index (χ3v) is 5.05. The average Bonchev–Trinajstić information content (AvgIpc) is 3.22. The van der Waals surface area contributed by atoms with Crippen LogP contribution in [0.5, 0.6) is 0 Å². The minimum absolute atomic E-state index is 0.306. The molecule has 3 N–H and O–H groups in total. The van der Waals surface area contributed by atoms with Crippen LogP contribution in [0.25, 0.3) is 0 Å². The molecule has 1 heterocycles. The van der Waals surface area contributed by atoms with Crippen molar-refractivity contribution in [3.8, 4) is 0 Å². The highest BCUT2D eigenvalue weighted by atomic mass is 35.5. The van der Waals surface area contributed by atoms with Gasteiger partial charge in [0.05, 0.1) is 12.2 Å². The van der Waals surface area contributed by atoms with Gasteiger partial charge in [-0.05, 0) is 37.5 Å². The number of carbonyl (C=O) groups excluding carboxylic acids is 1. The number of nitrogens with zero attached hydrogens (tertiary/aromatic N) is 2. The van der Waals surface area contributed by atoms with Gasteiger partial charge in [0.25, 0.3) is 5.91 Å². The second-order valence-electron chi connectivity index (χ2n) is 6.43. The van der Waals surface area contributed by atoms with Gasteiger partial charge in [0.2, 0.25) is 0 Å². The number of hydrogen-bond donors (Lipinski definition) is 3. The summed E-state index contributed by atoms with van der Waals surface area (Å²) in [6.07, 6.45) is 4.63. The van der Waals surface area contributed by atoms with Gasteiger partial charge in [-0.15, -0.1) is 0 Å². The molecule has 3 rings (SSSR count). The van der Waals surface area contributed by atoms with Gasteiger partial charge >= 0.3 is 0 Å². The molecule has 1 amide bonds. The number of thiocarbonyl (C=S) groups is 1. The SMILES string of the molecule is Cc1nn(Cc2ccccc2)c(Cl)c1C(=O)NNC(=S)NC1CCCC1. The molecule has 0 atom stereocenters. The highest BCUT2D eigenvalue weighted by molar-refractivity contribution is 7.80. The molecular formula is C18H22ClN5OS. The third kappa shape index (κ3) is 4.53. The van der Waals surface area contributed by atoms with Crippen LogP contribution in [0.15, 0.2) is 30.3 Å². The molecule has 0 unspecified atom stereocenters. The minimum atomic E-state index is -0.359. The largest absolute Gasteiger partial charge is 0.359 e. The summed E-state index contributed by atoms with van der Waals surface area (Å²) in [5, 5.41) is 8.31. The molecule has 0 bridgehead atoms. The van der Waals surface area contributed by atoms with Gasteiger partial charge in [0.15, 0.2) is 5.11 Å². The first-order valence-electron chi connectivity index (χ1n) is 8.68. The quantitative estimate of drug-likeness (QED) is 0.552. The Bertz CT molecular complexity index is 786. The zero-order chi connectivity index (χ0) is 18.5. The maximum Gasteiger partial charge on any atom is 0.274 e. The first-order valence-corrected chi connectivity index (χ1v) is 9.47. The summed E-state index contributed by atoms with van der Waals surface area (Å²) in [4.78, 5) is 12.5. The van der Waals surface area contributed by atoms with Crippen molar-refractivity contribution >= 4 is 34.8 Å². The molecule has 1 saturated carbocycles. The van der Waals surface area contributed by atoms with Crippen molar-refractivity contribution in [1.82, 2.24) is 25.9 Å². The fourth-order valence-electron chi connectivity index (χ4n) is 3.14. The summed E-state index contributed by atoms with van der Waals surface area (Å²) < 4.78 is 1.62. The van der Waals surface area contributed by atoms with Crippen LogP contribution < -0.4 is 16.2 Å². The van der Waals surface area contributed by atoms with Gasteiger partial charge in [0, 0.05) is 6.04 Å². The standard InChI is InChI=1S/C18H22ClN5OS/c1-12-15(16(19)24(23-12)11-13-7-3-2-4-8-13)17(25)21-22-18(26)20-14-9-5-6-10-14/h2-4,7-8,14H,5-6,9-11H2,1H3,(H,21,25)(H2,20,22,26). The van der Waals surface area contributed by atoms with Crippen LogP contribution in [0.1, 0.15) is 47.3 Å². The van der Waals surface area contributed by atoms with Crippen LogP contribution in [0.4, 0.5) is 0 Å². The molecule has 0 aliphatic heterocycles. The van der Waals surface area contributed by atoms with Crippen molar-refractivity contribution < 1.29 is 4.79 Å². The van der Waals surface area contributed by atoms with E-state index in [0.29, 0.717) is 34.1 Å². The Morgan fingerprint density at radius 3 is 2.65 bits per heavy atom. The Morgan fingerprint density at radius 2 is 1.96 bits per heavy atom. The topological polar surface area (TPSA) is 71.0 Å². The number of nitrogens with one attached hydrogen (secondary N) is 3. The molecule has 1 aliphatic rings. The van der Waals surface area contributed by atoms with E-state index in [1.807, 2.05) is 30.3 Å². The van der Waals surface area contributed by atoms with E-state index in [4.69, 9.17) is 23.8 Å². The van der Waals surface area contributed by atoms with E-state index in [1.54, 1.807) is 11.6 Å². The van der Waals surface area contributed by atoms with E-state index in [2.05, 4.69) is 21.3 Å². The number of hydrogen-bond acceptors (Lipinski definition) is 3. The minimum Gasteiger partial charge on any atom is -0.359 e. The second kappa shape index (κ2) is 8.51. The van der Waals surface area contributed by atoms with Crippen molar-refractivity contribution in [2.45, 2.75) is 45.2 Å². The van der Waals surface area contributed by atoms with Crippen LogP contribution in [0.3, 0.4) is 0 Å². The van der Waals surface area contributed by atoms with Gasteiger partial charge in [0.1, 0.15) is 10.7 Å². The Labute approximate surface area is 163 Å². The van der Waals surface area contributed by atoms with E-state index in [-0.39, 0.29) is 5.91 Å². The van der Waals surface area contributed by atoms with Crippen LogP contribution in [0.2, 0.25) is 5.15 Å². The second-order valence-corrected chi connectivity index (χ2v) is 7.19. The Balaban J connectivity index is 1.61. The van der Waals surface area contributed by atoms with Gasteiger partial charge < -0.3 is 5.32 Å². The smallest absolute Gasteiger partial charge is 0.274 e. The lowest BCUT2D eigenvalue weighted by Gasteiger charge is -2.16. The summed E-state index contributed by atoms with van der Waals surface area (Å²) in [7, 11) is 0. The normalized spacial score (nSPS) is 14.2. The molecule has 1 fully saturated rings. The number of aromatic nitrogens is 2. The number of benzene rings is 1. The van der Waals surface area contributed by atoms with E-state index in [9.17, 15) is 4.79 Å². The molecule has 6 nitrogen and oxygen atoms in total. The first kappa shape index (κ1) is 18.7. The van der Waals surface area contributed by atoms with Gasteiger partial charge in [-0.25, -0.2) is 4.68 Å². The Kier molecular flexibility index (Phi) is 6.11. The van der Waals surface area contributed by atoms with E-state index in [1.165, 1.54) is 12.8 Å². The van der Waals surface area contributed by atoms with E-state index in [0.717, 1.165) is 18.4 Å². The zero-order valence-electron chi connectivity index (χ0n) is 14.6. The van der Waals surface area contributed by atoms with Crippen molar-refractivity contribution in [1.29, 1.82) is 0 Å². The lowest BCUT2D eigenvalue weighted by molar-refractivity contribution is 0.0943. The molecule has 1 aliphatic carbocycles. The maximum absolute atomic E-state index is 12.5. The maximum atomic E-state index is 12.5. The summed E-state index contributed by atoms with van der Waals surface area (Å²) in [5.41, 5.74) is 7.32. The fraction of sp³-hybridized carbons (Fsp3) is 0.389. The summed E-state index contributed by atoms with van der Waals surface area (Å²) >= 11 is 11.6. The Morgan fingerprint density at radius 1 is 1.27 bits per heavy atom. The monoisotopic (exact) mass is 391 g/mol. The number of aryl methyl sites for hydroxylation is 1. The van der Waals surface area contributed by atoms with E-state index < -0.39 is 0 Å². The Hall–Kier alpha value is -2.12. The lowest BCUT2D eigenvalue weighted by atomic mass is 10.2. The van der Waals surface area contributed by atoms with Crippen molar-refractivity contribution in [2.24, 2.45) is 0 Å². The number of rotatable bonds is 4. The predicted octanol–water partition coefficient (Wildman–Crippen LogP) is 2.94. The van der Waals surface area contributed by atoms with Gasteiger partial charge in [-0.1, -0.05) is 54.8 Å². The van der Waals surface area contributed by atoms with Crippen molar-refractivity contribution in [3.63, 3.8) is 0 Å². The molecule has 0 spiro atoms. The molecule has 1 aromatic carbocycles. The zero-order valence-corrected chi connectivity index (χ0v) is 16.2. The first-order chi connectivity index (χ1) is 12.5. The molecular weight excluding hydrogens is 370 g/mol. The van der Waals surface area contributed by atoms with Crippen molar-refractivity contribution in [3.05, 3.63) is 52.3 Å². The van der Waals surface area contributed by atoms with Crippen molar-refractivity contribution in [2.75, 3.05) is 0 Å². The molecule has 8 heteroatoms. The average molecular weight is 392 g/mol. The van der Waals surface area contributed by atoms with Crippen LogP contribution in [0, 0.1) is 6.92 Å². The van der Waals surface area contributed by atoms with Gasteiger partial charge in [-0.3, -0.25) is 15.6 Å². The van der Waals surface area contributed by atoms with Crippen LogP contribution in [-0.4, -0.2) is 26.8 Å². The molecule has 1 aromatic heterocycles. The molecule has 0 radical (unpaired) electrons. The number of carbonyl (C=O) groups is 1. The number of hydrazine groups is 1. The van der Waals surface area contributed by atoms with E-state index >= 15 is 0 Å². The molecule has 138 valence electrons. The molecule has 26 heavy (non-hydrogen) atoms. The summed E-state index contributed by atoms with van der Waals surface area (Å²) in [6.45, 7) is 2.26. The summed E-state index contributed by atoms with van der Waals surface area (Å²) in [6, 6.07) is 10.2. The highest BCUT2D eigenvalue weighted by Crippen LogP contribution is 2.21. The predicted molar refractivity (Wildman–Crippen MR) is 106 cm³/mol. The number of halogens is 1. The fourth-order valence-corrected chi connectivity index (χ4v) is 3.68. The lowest BCUT2D eigenvalue weighted by Crippen LogP contribution is -2.49. The van der Waals surface area contributed by atoms with Crippen LogP contribution in [-0.2, 0) is 6.54 Å². The van der Waals surface area contributed by atoms with Crippen LogP contribution >= 0.6 is 23.8 Å². The number of amides is 1. The highest BCUT2D eigenvalue weighted by Gasteiger charge is 2.21. The third-order valence-electron chi connectivity index (χ3n) is 4.45. The summed E-state index contributed by atoms with van der Waals surface area (Å²) in [5.74, 6) is -0.359. The van der Waals surface area contributed by atoms with Gasteiger partial charge in [-0.2, -0.15) is 5.10 Å². The molecule has 0 saturated heterocycles. The molecule has 2 aromatic rings.